The van der Waals surface area contributed by atoms with Crippen LogP contribution in [0.15, 0.2) is 24.3 Å². The van der Waals surface area contributed by atoms with Gasteiger partial charge in [-0.15, -0.1) is 0 Å². The van der Waals surface area contributed by atoms with Gasteiger partial charge < -0.3 is 15.2 Å². The van der Waals surface area contributed by atoms with E-state index in [1.165, 1.54) is 0 Å². The molecule has 1 aromatic rings. The first-order valence-electron chi connectivity index (χ1n) is 7.87. The largest absolute Gasteiger partial charge is 0.493 e. The lowest BCUT2D eigenvalue weighted by Crippen LogP contribution is -2.57. The van der Waals surface area contributed by atoms with E-state index in [2.05, 4.69) is 5.32 Å². The number of benzene rings is 1. The van der Waals surface area contributed by atoms with Crippen molar-refractivity contribution in [3.8, 4) is 5.75 Å². The fourth-order valence-electron chi connectivity index (χ4n) is 2.73. The monoisotopic (exact) mass is 339 g/mol. The molecule has 0 spiro atoms. The van der Waals surface area contributed by atoms with Gasteiger partial charge in [-0.2, -0.15) is 0 Å². The van der Waals surface area contributed by atoms with E-state index in [0.717, 1.165) is 19.3 Å². The van der Waals surface area contributed by atoms with E-state index in [1.807, 2.05) is 0 Å². The number of carbonyl (C=O) groups is 2. The van der Waals surface area contributed by atoms with E-state index in [1.54, 1.807) is 31.2 Å². The Kier molecular flexibility index (Phi) is 5.88. The number of hydrogen-bond donors (Lipinski definition) is 2. The summed E-state index contributed by atoms with van der Waals surface area (Å²) in [5, 5.41) is 12.8. The second-order valence-electron chi connectivity index (χ2n) is 6.10. The minimum absolute atomic E-state index is 0.184. The number of carboxylic acids is 1. The van der Waals surface area contributed by atoms with Crippen molar-refractivity contribution in [2.24, 2.45) is 5.92 Å². The highest BCUT2D eigenvalue weighted by atomic mass is 35.5. The molecule has 23 heavy (non-hydrogen) atoms. The van der Waals surface area contributed by atoms with Gasteiger partial charge in [-0.1, -0.05) is 37.8 Å². The number of aliphatic carboxylic acids is 1. The molecule has 0 heterocycles. The van der Waals surface area contributed by atoms with Crippen LogP contribution in [0.3, 0.4) is 0 Å². The lowest BCUT2D eigenvalue weighted by atomic mass is 9.81. The Labute approximate surface area is 141 Å². The molecule has 1 saturated carbocycles. The lowest BCUT2D eigenvalue weighted by Gasteiger charge is -2.34. The Morgan fingerprint density at radius 2 is 1.87 bits per heavy atom. The fraction of sp³-hybridized carbons (Fsp3) is 0.529. The summed E-state index contributed by atoms with van der Waals surface area (Å²) in [5.74, 6) is -1.05. The topological polar surface area (TPSA) is 75.6 Å². The molecule has 5 nitrogen and oxygen atoms in total. The zero-order chi connectivity index (χ0) is 16.9. The maximum atomic E-state index is 12.3. The summed E-state index contributed by atoms with van der Waals surface area (Å²) in [6.07, 6.45) is 3.63. The third-order valence-corrected chi connectivity index (χ3v) is 4.49. The van der Waals surface area contributed by atoms with Gasteiger partial charge in [0.15, 0.2) is 0 Å². The first-order chi connectivity index (χ1) is 10.9. The van der Waals surface area contributed by atoms with Gasteiger partial charge in [0, 0.05) is 5.02 Å². The van der Waals surface area contributed by atoms with Crippen LogP contribution < -0.4 is 10.1 Å². The Balaban J connectivity index is 1.90. The number of nitrogens with one attached hydrogen (secondary N) is 1. The summed E-state index contributed by atoms with van der Waals surface area (Å²) in [6.45, 7) is 1.91. The van der Waals surface area contributed by atoms with Crippen LogP contribution in [0.5, 0.6) is 5.75 Å². The number of halogens is 1. The highest BCUT2D eigenvalue weighted by Crippen LogP contribution is 2.29. The zero-order valence-corrected chi connectivity index (χ0v) is 13.9. The summed E-state index contributed by atoms with van der Waals surface area (Å²) in [4.78, 5) is 23.9. The van der Waals surface area contributed by atoms with Crippen LogP contribution >= 0.6 is 11.6 Å². The molecule has 1 aromatic carbocycles. The first-order valence-corrected chi connectivity index (χ1v) is 8.24. The molecule has 1 unspecified atom stereocenters. The molecule has 1 aliphatic carbocycles. The minimum Gasteiger partial charge on any atom is -0.493 e. The third-order valence-electron chi connectivity index (χ3n) is 4.24. The molecule has 0 saturated heterocycles. The van der Waals surface area contributed by atoms with Crippen LogP contribution in [0, 0.1) is 5.92 Å². The van der Waals surface area contributed by atoms with Gasteiger partial charge in [-0.25, -0.2) is 4.79 Å². The average Bonchev–Trinajstić information content (AvgIpc) is 2.54. The summed E-state index contributed by atoms with van der Waals surface area (Å²) < 4.78 is 5.56. The van der Waals surface area contributed by atoms with Gasteiger partial charge >= 0.3 is 5.97 Å². The molecule has 2 rings (SSSR count). The number of carboxylic acid groups (broad SMARTS) is 1. The van der Waals surface area contributed by atoms with Crippen molar-refractivity contribution < 1.29 is 19.4 Å². The second kappa shape index (κ2) is 7.68. The van der Waals surface area contributed by atoms with E-state index in [9.17, 15) is 14.7 Å². The predicted molar refractivity (Wildman–Crippen MR) is 87.7 cm³/mol. The molecule has 0 aromatic heterocycles. The van der Waals surface area contributed by atoms with E-state index in [-0.39, 0.29) is 12.5 Å². The van der Waals surface area contributed by atoms with Gasteiger partial charge in [-0.3, -0.25) is 4.79 Å². The number of amides is 1. The maximum Gasteiger partial charge on any atom is 0.329 e. The van der Waals surface area contributed by atoms with Gasteiger partial charge in [0.25, 0.3) is 0 Å². The molecule has 126 valence electrons. The zero-order valence-electron chi connectivity index (χ0n) is 13.2. The van der Waals surface area contributed by atoms with Crippen LogP contribution in [0.2, 0.25) is 5.02 Å². The summed E-state index contributed by atoms with van der Waals surface area (Å²) >= 11 is 5.80. The molecule has 1 fully saturated rings. The van der Waals surface area contributed by atoms with Gasteiger partial charge in [0.05, 0.1) is 12.5 Å². The highest BCUT2D eigenvalue weighted by Gasteiger charge is 2.41. The Morgan fingerprint density at radius 1 is 1.26 bits per heavy atom. The summed E-state index contributed by atoms with van der Waals surface area (Å²) in [5.41, 5.74) is -1.12. The van der Waals surface area contributed by atoms with Crippen LogP contribution in [0.1, 0.15) is 39.0 Å². The van der Waals surface area contributed by atoms with Crippen LogP contribution in [0.25, 0.3) is 0 Å². The van der Waals surface area contributed by atoms with Crippen LogP contribution in [-0.2, 0) is 9.59 Å². The van der Waals surface area contributed by atoms with Crippen molar-refractivity contribution >= 4 is 23.5 Å². The van der Waals surface area contributed by atoms with Crippen molar-refractivity contribution in [1.82, 2.24) is 5.32 Å². The SMILES string of the molecule is CC(COc1ccc(Cl)cc1)C(=O)NC1(C(=O)O)CCCCC1. The molecule has 1 aliphatic rings. The van der Waals surface area contributed by atoms with Gasteiger partial charge in [0.1, 0.15) is 11.3 Å². The standard InChI is InChI=1S/C17H22ClNO4/c1-12(11-23-14-7-5-13(18)6-8-14)15(20)19-17(16(21)22)9-3-2-4-10-17/h5-8,12H,2-4,9-11H2,1H3,(H,19,20)(H,21,22). The van der Waals surface area contributed by atoms with E-state index < -0.39 is 17.4 Å². The van der Waals surface area contributed by atoms with Crippen molar-refractivity contribution in [2.45, 2.75) is 44.6 Å². The predicted octanol–water partition coefficient (Wildman–Crippen LogP) is 3.26. The summed E-state index contributed by atoms with van der Waals surface area (Å²) in [7, 11) is 0. The molecule has 2 N–H and O–H groups in total. The minimum atomic E-state index is -1.12. The molecule has 0 bridgehead atoms. The maximum absolute atomic E-state index is 12.3. The number of hydrogen-bond acceptors (Lipinski definition) is 3. The fourth-order valence-corrected chi connectivity index (χ4v) is 2.86. The van der Waals surface area contributed by atoms with E-state index in [4.69, 9.17) is 16.3 Å². The van der Waals surface area contributed by atoms with Crippen molar-refractivity contribution in [3.63, 3.8) is 0 Å². The molecule has 1 atom stereocenters. The number of carbonyl (C=O) groups excluding carboxylic acids is 1. The normalized spacial score (nSPS) is 18.0. The number of ether oxygens (including phenoxy) is 1. The molecule has 1 amide bonds. The van der Waals surface area contributed by atoms with E-state index in [0.29, 0.717) is 23.6 Å². The van der Waals surface area contributed by atoms with Crippen molar-refractivity contribution in [1.29, 1.82) is 0 Å². The second-order valence-corrected chi connectivity index (χ2v) is 6.54. The van der Waals surface area contributed by atoms with Gasteiger partial charge in [-0.05, 0) is 37.1 Å². The van der Waals surface area contributed by atoms with Crippen molar-refractivity contribution in [2.75, 3.05) is 6.61 Å². The Hall–Kier alpha value is -1.75. The molecule has 0 radical (unpaired) electrons. The van der Waals surface area contributed by atoms with Gasteiger partial charge in [0.2, 0.25) is 5.91 Å². The number of rotatable bonds is 6. The molecule has 6 heteroatoms. The van der Waals surface area contributed by atoms with Crippen molar-refractivity contribution in [3.05, 3.63) is 29.3 Å². The Bertz CT molecular complexity index is 552. The first kappa shape index (κ1) is 17.6. The smallest absolute Gasteiger partial charge is 0.329 e. The molecule has 0 aliphatic heterocycles. The molecular formula is C17H22ClNO4. The van der Waals surface area contributed by atoms with Crippen LogP contribution in [-0.4, -0.2) is 29.1 Å². The Morgan fingerprint density at radius 3 is 2.43 bits per heavy atom. The average molecular weight is 340 g/mol. The lowest BCUT2D eigenvalue weighted by molar-refractivity contribution is -0.150. The third kappa shape index (κ3) is 4.61. The molecular weight excluding hydrogens is 318 g/mol. The van der Waals surface area contributed by atoms with E-state index >= 15 is 0 Å². The quantitative estimate of drug-likeness (QED) is 0.834. The summed E-state index contributed by atoms with van der Waals surface area (Å²) in [6, 6.07) is 6.88. The van der Waals surface area contributed by atoms with Crippen LogP contribution in [0.4, 0.5) is 0 Å². The highest BCUT2D eigenvalue weighted by molar-refractivity contribution is 6.30.